The molecule has 0 saturated heterocycles. The van der Waals surface area contributed by atoms with Gasteiger partial charge in [0.05, 0.1) is 13.2 Å². The van der Waals surface area contributed by atoms with Crippen molar-refractivity contribution in [2.75, 3.05) is 58.2 Å². The summed E-state index contributed by atoms with van der Waals surface area (Å²) in [4.78, 5) is 26.6. The van der Waals surface area contributed by atoms with Gasteiger partial charge >= 0.3 is 59.1 Å². The first-order valence-corrected chi connectivity index (χ1v) is 15.7. The number of anilines is 10. The second-order valence-electron chi connectivity index (χ2n) is 10.5. The SMILES string of the molecule is OCCNc1nc(Nc2c[c-]c(C=Cc3[c-]cc(Nc4nc(NCCO)nc(Nc5ccccc5)n4)cc3)cc2)nc(Nc2ccccc2)n1.[Na+].[Na+]. The molecule has 0 amide bonds. The summed E-state index contributed by atoms with van der Waals surface area (Å²) in [5, 5.41) is 37.2. The first kappa shape index (κ1) is 40.1. The molecule has 0 unspecified atom stereocenters. The van der Waals surface area contributed by atoms with E-state index in [9.17, 15) is 10.2 Å². The molecule has 0 atom stereocenters. The molecule has 0 radical (unpaired) electrons. The number of nitrogens with zero attached hydrogens (tertiary/aromatic N) is 6. The van der Waals surface area contributed by atoms with Crippen LogP contribution < -0.4 is 91.0 Å². The van der Waals surface area contributed by atoms with E-state index in [0.717, 1.165) is 33.9 Å². The molecule has 6 aromatic rings. The van der Waals surface area contributed by atoms with Gasteiger partial charge in [-0.1, -0.05) is 36.4 Å². The number of para-hydroxylation sites is 2. The number of hydrogen-bond donors (Lipinski definition) is 8. The zero-order valence-corrected chi connectivity index (χ0v) is 32.8. The second-order valence-corrected chi connectivity index (χ2v) is 10.5. The second kappa shape index (κ2) is 21.0. The third kappa shape index (κ3) is 12.5. The largest absolute Gasteiger partial charge is 1.00 e. The van der Waals surface area contributed by atoms with E-state index < -0.39 is 0 Å². The number of rotatable bonds is 16. The normalized spacial score (nSPS) is 10.4. The Kier molecular flexibility index (Phi) is 16.2. The van der Waals surface area contributed by atoms with Gasteiger partial charge in [-0.15, -0.1) is 48.5 Å². The maximum atomic E-state index is 9.23. The van der Waals surface area contributed by atoms with E-state index >= 15 is 0 Å². The molecule has 2 aromatic heterocycles. The fraction of sp³-hybridized carbons (Fsp3) is 0.111. The first-order valence-electron chi connectivity index (χ1n) is 15.7. The topological polar surface area (TPSA) is 190 Å². The van der Waals surface area contributed by atoms with Gasteiger partial charge in [-0.3, -0.25) is 0 Å². The van der Waals surface area contributed by atoms with Gasteiger partial charge in [-0.25, -0.2) is 0 Å². The summed E-state index contributed by atoms with van der Waals surface area (Å²) in [6.45, 7) is 0.492. The molecule has 252 valence electrons. The fourth-order valence-electron chi connectivity index (χ4n) is 4.44. The summed E-state index contributed by atoms with van der Waals surface area (Å²) in [6.07, 6.45) is 3.88. The Morgan fingerprint density at radius 2 is 0.788 bits per heavy atom. The van der Waals surface area contributed by atoms with Crippen molar-refractivity contribution in [3.63, 3.8) is 0 Å². The molecule has 2 heterocycles. The Labute approximate surface area is 345 Å². The fourth-order valence-corrected chi connectivity index (χ4v) is 4.44. The van der Waals surface area contributed by atoms with Crippen molar-refractivity contribution < 1.29 is 69.3 Å². The van der Waals surface area contributed by atoms with Crippen LogP contribution in [0, 0.1) is 12.1 Å². The third-order valence-electron chi connectivity index (χ3n) is 6.75. The first-order chi connectivity index (χ1) is 24.6. The Morgan fingerprint density at radius 3 is 1.12 bits per heavy atom. The molecule has 0 aliphatic carbocycles. The van der Waals surface area contributed by atoms with E-state index in [0.29, 0.717) is 48.8 Å². The van der Waals surface area contributed by atoms with E-state index in [-0.39, 0.29) is 72.3 Å². The number of aromatic nitrogens is 6. The molecule has 0 aliphatic rings. The molecule has 52 heavy (non-hydrogen) atoms. The molecule has 16 heteroatoms. The van der Waals surface area contributed by atoms with Gasteiger partial charge in [-0.05, 0) is 35.6 Å². The van der Waals surface area contributed by atoms with Crippen molar-refractivity contribution in [1.82, 2.24) is 29.9 Å². The average molecular weight is 713 g/mol. The monoisotopic (exact) mass is 712 g/mol. The van der Waals surface area contributed by atoms with Crippen molar-refractivity contribution in [2.24, 2.45) is 0 Å². The van der Waals surface area contributed by atoms with E-state index in [1.807, 2.05) is 109 Å². The molecular formula is C36H34N12Na2O2. The molecule has 8 N–H and O–H groups in total. The quantitative estimate of drug-likeness (QED) is 0.0368. The van der Waals surface area contributed by atoms with Crippen LogP contribution in [0.1, 0.15) is 11.1 Å². The van der Waals surface area contributed by atoms with Gasteiger partial charge in [0.2, 0.25) is 35.7 Å². The summed E-state index contributed by atoms with van der Waals surface area (Å²) in [7, 11) is 0. The number of benzene rings is 4. The zero-order chi connectivity index (χ0) is 34.4. The summed E-state index contributed by atoms with van der Waals surface area (Å²) in [5.74, 6) is 2.03. The van der Waals surface area contributed by atoms with Crippen molar-refractivity contribution >= 4 is 70.6 Å². The molecule has 0 aliphatic heterocycles. The molecule has 0 saturated carbocycles. The van der Waals surface area contributed by atoms with Gasteiger partial charge in [-0.2, -0.15) is 53.2 Å². The molecule has 0 bridgehead atoms. The Balaban J connectivity index is 0.00000302. The minimum atomic E-state index is -0.0567. The van der Waals surface area contributed by atoms with Crippen LogP contribution in [0.5, 0.6) is 0 Å². The average Bonchev–Trinajstić information content (AvgIpc) is 3.14. The minimum absolute atomic E-state index is 0. The summed E-state index contributed by atoms with van der Waals surface area (Å²) < 4.78 is 0. The van der Waals surface area contributed by atoms with E-state index in [1.165, 1.54) is 0 Å². The minimum Gasteiger partial charge on any atom is -0.395 e. The van der Waals surface area contributed by atoms with Crippen molar-refractivity contribution in [2.45, 2.75) is 0 Å². The molecule has 14 nitrogen and oxygen atoms in total. The number of aliphatic hydroxyl groups is 2. The van der Waals surface area contributed by atoms with Crippen LogP contribution >= 0.6 is 0 Å². The van der Waals surface area contributed by atoms with Crippen LogP contribution in [0.2, 0.25) is 0 Å². The number of nitrogens with one attached hydrogen (secondary N) is 6. The molecule has 0 fully saturated rings. The van der Waals surface area contributed by atoms with Crippen molar-refractivity contribution in [3.05, 3.63) is 120 Å². The van der Waals surface area contributed by atoms with Crippen LogP contribution in [0.25, 0.3) is 12.2 Å². The van der Waals surface area contributed by atoms with E-state index in [4.69, 9.17) is 0 Å². The van der Waals surface area contributed by atoms with Crippen LogP contribution in [-0.4, -0.2) is 66.4 Å². The van der Waals surface area contributed by atoms with Crippen LogP contribution in [0.3, 0.4) is 0 Å². The van der Waals surface area contributed by atoms with Crippen LogP contribution in [-0.2, 0) is 0 Å². The van der Waals surface area contributed by atoms with Gasteiger partial charge < -0.3 is 42.1 Å². The van der Waals surface area contributed by atoms with Gasteiger partial charge in [0, 0.05) is 24.5 Å². The predicted molar refractivity (Wildman–Crippen MR) is 196 cm³/mol. The summed E-state index contributed by atoms with van der Waals surface area (Å²) in [6, 6.07) is 37.0. The van der Waals surface area contributed by atoms with Crippen molar-refractivity contribution in [1.29, 1.82) is 0 Å². The third-order valence-corrected chi connectivity index (χ3v) is 6.75. The van der Waals surface area contributed by atoms with Gasteiger partial charge in [0.25, 0.3) is 0 Å². The number of aliphatic hydroxyl groups excluding tert-OH is 2. The standard InChI is InChI=1S/C36H34N12O2.2Na/c49-23-21-37-31-43-33(39-27-7-3-1-4-8-27)47-35(45-31)41-29-17-13-25(14-18-29)11-12-26-15-19-30(20-16-26)42-36-46-32(38-22-24-50)44-34(48-36)40-28-9-5-2-6-10-28;;/h1-13,15,17-20,49-50H,21-24H2,(H3,37,39,41,43,45,47)(H3,38,40,42,44,46,48);;/q-2;2*+1. The van der Waals surface area contributed by atoms with E-state index in [2.05, 4.69) is 73.9 Å². The summed E-state index contributed by atoms with van der Waals surface area (Å²) >= 11 is 0. The van der Waals surface area contributed by atoms with Gasteiger partial charge in [0.15, 0.2) is 0 Å². The Hall–Kier alpha value is -4.64. The number of hydrogen-bond acceptors (Lipinski definition) is 14. The van der Waals surface area contributed by atoms with E-state index in [1.54, 1.807) is 0 Å². The van der Waals surface area contributed by atoms with Crippen molar-refractivity contribution in [3.8, 4) is 0 Å². The van der Waals surface area contributed by atoms with Crippen LogP contribution in [0.4, 0.5) is 58.4 Å². The van der Waals surface area contributed by atoms with Gasteiger partial charge in [0.1, 0.15) is 0 Å². The zero-order valence-electron chi connectivity index (χ0n) is 28.8. The smallest absolute Gasteiger partial charge is 0.395 e. The molecule has 6 rings (SSSR count). The Morgan fingerprint density at radius 1 is 0.442 bits per heavy atom. The Bertz CT molecular complexity index is 1850. The summed E-state index contributed by atoms with van der Waals surface area (Å²) in [5.41, 5.74) is 4.88. The maximum absolute atomic E-state index is 9.23. The molecule has 0 spiro atoms. The van der Waals surface area contributed by atoms with Crippen LogP contribution in [0.15, 0.2) is 97.1 Å². The molecular weight excluding hydrogens is 678 g/mol. The maximum Gasteiger partial charge on any atom is 1.00 e. The predicted octanol–water partition coefficient (Wildman–Crippen LogP) is -0.382. The molecule has 4 aromatic carbocycles.